The summed E-state index contributed by atoms with van der Waals surface area (Å²) in [5.74, 6) is -2.28. The van der Waals surface area contributed by atoms with Crippen LogP contribution >= 0.6 is 0 Å². The molecule has 0 aromatic carbocycles. The third-order valence-electron chi connectivity index (χ3n) is 0.837. The molecule has 13 heavy (non-hydrogen) atoms. The Morgan fingerprint density at radius 3 is 2.15 bits per heavy atom. The van der Waals surface area contributed by atoms with Crippen LogP contribution in [0.4, 0.5) is 8.78 Å². The fourth-order valence-electron chi connectivity index (χ4n) is 0.320. The first-order chi connectivity index (χ1) is 5.23. The Balaban J connectivity index is 0. The Morgan fingerprint density at radius 1 is 1.54 bits per heavy atom. The summed E-state index contributed by atoms with van der Waals surface area (Å²) in [6, 6.07) is 0. The summed E-state index contributed by atoms with van der Waals surface area (Å²) < 4.78 is 55.7. The number of carbonyl (C=O) groups is 1. The summed E-state index contributed by atoms with van der Waals surface area (Å²) in [6.07, 6.45) is 0. The van der Waals surface area contributed by atoms with Crippen LogP contribution in [0.2, 0.25) is 0 Å². The zero-order valence-corrected chi connectivity index (χ0v) is 6.77. The van der Waals surface area contributed by atoms with Gasteiger partial charge in [0.1, 0.15) is 0 Å². The molecule has 0 saturated heterocycles. The van der Waals surface area contributed by atoms with Crippen molar-refractivity contribution in [3.8, 4) is 0 Å². The van der Waals surface area contributed by atoms with Crippen LogP contribution in [0, 0.1) is 0 Å². The van der Waals surface area contributed by atoms with E-state index in [9.17, 15) is 22.0 Å². The Hall–Kier alpha value is 0.240. The van der Waals surface area contributed by atoms with E-state index in [0.29, 0.717) is 0 Å². The fraction of sp³-hybridized carbons (Fsp3) is 0.750. The Labute approximate surface area is 95.5 Å². The number of ether oxygens (including phenoxy) is 1. The topological polar surface area (TPSA) is 80.7 Å². The molecule has 0 aliphatic carbocycles. The van der Waals surface area contributed by atoms with Gasteiger partial charge in [-0.05, 0) is 6.92 Å². The van der Waals surface area contributed by atoms with E-state index in [1.807, 2.05) is 0 Å². The molecule has 0 fully saturated rings. The van der Waals surface area contributed by atoms with E-state index in [4.69, 9.17) is 4.55 Å². The van der Waals surface area contributed by atoms with E-state index in [1.165, 1.54) is 6.92 Å². The van der Waals surface area contributed by atoms with Crippen molar-refractivity contribution in [1.82, 2.24) is 0 Å². The van der Waals surface area contributed by atoms with Crippen molar-refractivity contribution in [2.45, 2.75) is 12.2 Å². The van der Waals surface area contributed by atoms with Crippen molar-refractivity contribution in [1.29, 1.82) is 0 Å². The molecular formula is C4H7F2NaO5S. The molecule has 0 aliphatic heterocycles. The van der Waals surface area contributed by atoms with Gasteiger partial charge in [0, 0.05) is 0 Å². The van der Waals surface area contributed by atoms with Crippen LogP contribution in [0.25, 0.3) is 0 Å². The van der Waals surface area contributed by atoms with Crippen LogP contribution in [0.1, 0.15) is 6.92 Å². The Bertz CT molecular complexity index is 274. The number of carbonyl (C=O) groups excluding carboxylic acids is 1. The average Bonchev–Trinajstić information content (AvgIpc) is 1.85. The van der Waals surface area contributed by atoms with Crippen LogP contribution in [-0.2, 0) is 19.6 Å². The number of alkyl halides is 2. The van der Waals surface area contributed by atoms with Crippen LogP contribution in [0.15, 0.2) is 0 Å². The summed E-state index contributed by atoms with van der Waals surface area (Å²) >= 11 is 0. The third kappa shape index (κ3) is 3.86. The second-order valence-electron chi connectivity index (χ2n) is 1.71. The van der Waals surface area contributed by atoms with Crippen molar-refractivity contribution < 1.29 is 31.3 Å². The van der Waals surface area contributed by atoms with Gasteiger partial charge in [-0.25, -0.2) is 4.79 Å². The first-order valence-corrected chi connectivity index (χ1v) is 4.19. The molecule has 0 aromatic heterocycles. The summed E-state index contributed by atoms with van der Waals surface area (Å²) in [7, 11) is -5.73. The minimum absolute atomic E-state index is 0. The van der Waals surface area contributed by atoms with Crippen molar-refractivity contribution in [3.63, 3.8) is 0 Å². The van der Waals surface area contributed by atoms with Gasteiger partial charge in [0.05, 0.1) is 6.61 Å². The molecule has 5 nitrogen and oxygen atoms in total. The third-order valence-corrected chi connectivity index (χ3v) is 1.65. The first kappa shape index (κ1) is 15.7. The number of rotatable bonds is 3. The normalized spacial score (nSPS) is 11.7. The van der Waals surface area contributed by atoms with Gasteiger partial charge in [-0.3, -0.25) is 4.55 Å². The van der Waals surface area contributed by atoms with Crippen molar-refractivity contribution >= 4 is 45.6 Å². The monoisotopic (exact) mass is 228 g/mol. The second kappa shape index (κ2) is 5.20. The zero-order valence-electron chi connectivity index (χ0n) is 5.95. The maximum absolute atomic E-state index is 12.2. The SMILES string of the molecule is CCOC(=O)C(F)(F)S(=O)(=O)O.[NaH]. The second-order valence-corrected chi connectivity index (χ2v) is 3.18. The van der Waals surface area contributed by atoms with Crippen LogP contribution in [0.3, 0.4) is 0 Å². The van der Waals surface area contributed by atoms with Gasteiger partial charge in [0.25, 0.3) is 0 Å². The van der Waals surface area contributed by atoms with E-state index in [0.717, 1.165) is 0 Å². The number of hydrogen-bond acceptors (Lipinski definition) is 4. The van der Waals surface area contributed by atoms with Crippen LogP contribution in [-0.4, -0.2) is 60.4 Å². The maximum atomic E-state index is 12.2. The molecule has 0 heterocycles. The van der Waals surface area contributed by atoms with Gasteiger partial charge in [0.15, 0.2) is 0 Å². The van der Waals surface area contributed by atoms with Gasteiger partial charge in [-0.2, -0.15) is 17.2 Å². The molecular weight excluding hydrogens is 221 g/mol. The molecule has 9 heteroatoms. The molecule has 0 aliphatic rings. The molecule has 0 aromatic rings. The van der Waals surface area contributed by atoms with Crippen molar-refractivity contribution in [3.05, 3.63) is 0 Å². The average molecular weight is 228 g/mol. The van der Waals surface area contributed by atoms with Gasteiger partial charge in [-0.15, -0.1) is 0 Å². The summed E-state index contributed by atoms with van der Waals surface area (Å²) in [5, 5.41) is -4.89. The zero-order chi connectivity index (χ0) is 9.99. The molecule has 0 rings (SSSR count). The predicted octanol–water partition coefficient (Wildman–Crippen LogP) is -0.618. The van der Waals surface area contributed by atoms with E-state index >= 15 is 0 Å². The number of esters is 1. The summed E-state index contributed by atoms with van der Waals surface area (Å²) in [6.45, 7) is 0.821. The van der Waals surface area contributed by atoms with Crippen molar-refractivity contribution in [2.24, 2.45) is 0 Å². The van der Waals surface area contributed by atoms with Gasteiger partial charge < -0.3 is 4.74 Å². The molecule has 0 bridgehead atoms. The summed E-state index contributed by atoms with van der Waals surface area (Å²) in [4.78, 5) is 10.2. The van der Waals surface area contributed by atoms with Gasteiger partial charge >= 0.3 is 50.9 Å². The quantitative estimate of drug-likeness (QED) is 0.395. The fourth-order valence-corrected chi connectivity index (χ4v) is 0.590. The van der Waals surface area contributed by atoms with E-state index < -0.39 is 27.9 Å². The van der Waals surface area contributed by atoms with Gasteiger partial charge in [0.2, 0.25) is 0 Å². The molecule has 0 unspecified atom stereocenters. The predicted molar refractivity (Wildman–Crippen MR) is 40.3 cm³/mol. The first-order valence-electron chi connectivity index (χ1n) is 2.75. The Morgan fingerprint density at radius 2 is 1.92 bits per heavy atom. The molecule has 74 valence electrons. The number of halogens is 2. The standard InChI is InChI=1S/C4H6F2O5S.Na.H/c1-2-11-3(7)4(5,6)12(8,9)10;;/h2H2,1H3,(H,8,9,10);;. The van der Waals surface area contributed by atoms with E-state index in [1.54, 1.807) is 0 Å². The molecule has 0 atom stereocenters. The minimum atomic E-state index is -5.73. The van der Waals surface area contributed by atoms with E-state index in [-0.39, 0.29) is 29.6 Å². The van der Waals surface area contributed by atoms with E-state index in [2.05, 4.69) is 4.74 Å². The summed E-state index contributed by atoms with van der Waals surface area (Å²) in [5.41, 5.74) is 0. The molecule has 1 N–H and O–H groups in total. The van der Waals surface area contributed by atoms with Crippen molar-refractivity contribution in [2.75, 3.05) is 6.61 Å². The number of hydrogen-bond donors (Lipinski definition) is 1. The molecule has 0 spiro atoms. The van der Waals surface area contributed by atoms with Crippen LogP contribution < -0.4 is 0 Å². The van der Waals surface area contributed by atoms with Gasteiger partial charge in [-0.1, -0.05) is 0 Å². The Kier molecular flexibility index (Phi) is 6.28. The molecule has 0 radical (unpaired) electrons. The molecule has 0 amide bonds. The molecule has 0 saturated carbocycles. The van der Waals surface area contributed by atoms with Crippen LogP contribution in [0.5, 0.6) is 0 Å².